The highest BCUT2D eigenvalue weighted by molar-refractivity contribution is 6.08. The third kappa shape index (κ3) is 4.29. The molecular formula is C22H21NO3. The molecule has 0 atom stereocenters. The molecular weight excluding hydrogens is 326 g/mol. The van der Waals surface area contributed by atoms with Crippen LogP contribution in [0.15, 0.2) is 78.9 Å². The molecule has 0 aliphatic rings. The molecule has 0 aliphatic carbocycles. The van der Waals surface area contributed by atoms with Gasteiger partial charge in [-0.3, -0.25) is 4.79 Å². The van der Waals surface area contributed by atoms with E-state index in [0.717, 1.165) is 16.8 Å². The SMILES string of the molecule is COCCOc1ccccc1C(=O)Nc1ccccc1-c1ccccc1. The Hall–Kier alpha value is -3.11. The number of carbonyl (C=O) groups is 1. The highest BCUT2D eigenvalue weighted by Gasteiger charge is 2.14. The van der Waals surface area contributed by atoms with Crippen molar-refractivity contribution in [3.8, 4) is 16.9 Å². The second-order valence-corrected chi connectivity index (χ2v) is 5.70. The number of hydrogen-bond donors (Lipinski definition) is 1. The maximum absolute atomic E-state index is 12.8. The van der Waals surface area contributed by atoms with Gasteiger partial charge >= 0.3 is 0 Å². The summed E-state index contributed by atoms with van der Waals surface area (Å²) >= 11 is 0. The van der Waals surface area contributed by atoms with Gasteiger partial charge in [0.2, 0.25) is 0 Å². The summed E-state index contributed by atoms with van der Waals surface area (Å²) in [5.41, 5.74) is 3.27. The molecule has 3 aromatic rings. The Balaban J connectivity index is 1.84. The first-order valence-electron chi connectivity index (χ1n) is 8.46. The molecule has 0 fully saturated rings. The van der Waals surface area contributed by atoms with Crippen LogP contribution in [0.2, 0.25) is 0 Å². The first-order valence-corrected chi connectivity index (χ1v) is 8.46. The molecule has 26 heavy (non-hydrogen) atoms. The van der Waals surface area contributed by atoms with Crippen molar-refractivity contribution in [1.82, 2.24) is 0 Å². The Kier molecular flexibility index (Phi) is 6.01. The summed E-state index contributed by atoms with van der Waals surface area (Å²) in [6.45, 7) is 0.855. The molecule has 0 unspecified atom stereocenters. The average Bonchev–Trinajstić information content (AvgIpc) is 2.69. The van der Waals surface area contributed by atoms with E-state index in [-0.39, 0.29) is 5.91 Å². The van der Waals surface area contributed by atoms with E-state index < -0.39 is 0 Å². The van der Waals surface area contributed by atoms with Crippen molar-refractivity contribution in [2.45, 2.75) is 0 Å². The van der Waals surface area contributed by atoms with E-state index in [1.54, 1.807) is 19.2 Å². The largest absolute Gasteiger partial charge is 0.490 e. The highest BCUT2D eigenvalue weighted by Crippen LogP contribution is 2.28. The van der Waals surface area contributed by atoms with Gasteiger partial charge < -0.3 is 14.8 Å². The summed E-state index contributed by atoms with van der Waals surface area (Å²) in [4.78, 5) is 12.8. The molecule has 0 heterocycles. The predicted octanol–water partition coefficient (Wildman–Crippen LogP) is 4.63. The average molecular weight is 347 g/mol. The van der Waals surface area contributed by atoms with E-state index in [2.05, 4.69) is 5.32 Å². The van der Waals surface area contributed by atoms with Gasteiger partial charge in [-0.05, 0) is 23.8 Å². The summed E-state index contributed by atoms with van der Waals surface area (Å²) in [5.74, 6) is 0.334. The number of ether oxygens (including phenoxy) is 2. The fourth-order valence-corrected chi connectivity index (χ4v) is 2.67. The molecule has 132 valence electrons. The Morgan fingerprint density at radius 3 is 2.35 bits per heavy atom. The fraction of sp³-hybridized carbons (Fsp3) is 0.136. The number of hydrogen-bond acceptors (Lipinski definition) is 3. The molecule has 0 aliphatic heterocycles. The molecule has 3 aromatic carbocycles. The highest BCUT2D eigenvalue weighted by atomic mass is 16.5. The normalized spacial score (nSPS) is 10.3. The lowest BCUT2D eigenvalue weighted by molar-refractivity contribution is 0.101. The lowest BCUT2D eigenvalue weighted by atomic mass is 10.0. The number of rotatable bonds is 7. The summed E-state index contributed by atoms with van der Waals surface area (Å²) in [6, 6.07) is 24.9. The predicted molar refractivity (Wildman–Crippen MR) is 104 cm³/mol. The first-order chi connectivity index (χ1) is 12.8. The number of methoxy groups -OCH3 is 1. The van der Waals surface area contributed by atoms with Crippen LogP contribution in [0, 0.1) is 0 Å². The number of para-hydroxylation sites is 2. The van der Waals surface area contributed by atoms with Gasteiger partial charge in [0.15, 0.2) is 0 Å². The Morgan fingerprint density at radius 2 is 1.54 bits per heavy atom. The Labute approximate surface area is 153 Å². The second-order valence-electron chi connectivity index (χ2n) is 5.70. The van der Waals surface area contributed by atoms with E-state index in [4.69, 9.17) is 9.47 Å². The van der Waals surface area contributed by atoms with Crippen molar-refractivity contribution >= 4 is 11.6 Å². The summed E-state index contributed by atoms with van der Waals surface area (Å²) in [7, 11) is 1.61. The van der Waals surface area contributed by atoms with Crippen molar-refractivity contribution in [2.24, 2.45) is 0 Å². The van der Waals surface area contributed by atoms with Gasteiger partial charge in [-0.15, -0.1) is 0 Å². The molecule has 1 N–H and O–H groups in total. The number of amides is 1. The van der Waals surface area contributed by atoms with E-state index in [0.29, 0.717) is 24.5 Å². The monoisotopic (exact) mass is 347 g/mol. The Bertz CT molecular complexity index is 862. The molecule has 0 saturated heterocycles. The van der Waals surface area contributed by atoms with Crippen LogP contribution in [-0.4, -0.2) is 26.2 Å². The van der Waals surface area contributed by atoms with Crippen molar-refractivity contribution in [3.05, 3.63) is 84.4 Å². The summed E-state index contributed by atoms with van der Waals surface area (Å²) in [6.07, 6.45) is 0. The molecule has 0 saturated carbocycles. The van der Waals surface area contributed by atoms with Gasteiger partial charge in [0, 0.05) is 18.4 Å². The van der Waals surface area contributed by atoms with Gasteiger partial charge in [0.1, 0.15) is 12.4 Å². The maximum Gasteiger partial charge on any atom is 0.259 e. The van der Waals surface area contributed by atoms with Crippen LogP contribution in [0.4, 0.5) is 5.69 Å². The standard InChI is InChI=1S/C22H21NO3/c1-25-15-16-26-21-14-8-6-12-19(21)22(24)23-20-13-7-5-11-18(20)17-9-3-2-4-10-17/h2-14H,15-16H2,1H3,(H,23,24). The minimum absolute atomic E-state index is 0.207. The van der Waals surface area contributed by atoms with Gasteiger partial charge in [0.25, 0.3) is 5.91 Å². The van der Waals surface area contributed by atoms with Gasteiger partial charge in [-0.25, -0.2) is 0 Å². The quantitative estimate of drug-likeness (QED) is 0.634. The summed E-state index contributed by atoms with van der Waals surface area (Å²) in [5, 5.41) is 3.01. The number of nitrogens with one attached hydrogen (secondary N) is 1. The van der Waals surface area contributed by atoms with E-state index in [9.17, 15) is 4.79 Å². The number of anilines is 1. The van der Waals surface area contributed by atoms with Crippen LogP contribution in [0.25, 0.3) is 11.1 Å². The smallest absolute Gasteiger partial charge is 0.259 e. The number of benzene rings is 3. The summed E-state index contributed by atoms with van der Waals surface area (Å²) < 4.78 is 10.7. The van der Waals surface area contributed by atoms with Crippen LogP contribution in [0.3, 0.4) is 0 Å². The zero-order valence-electron chi connectivity index (χ0n) is 14.6. The molecule has 0 radical (unpaired) electrons. The van der Waals surface area contributed by atoms with Gasteiger partial charge in [0.05, 0.1) is 12.2 Å². The Morgan fingerprint density at radius 1 is 0.846 bits per heavy atom. The zero-order chi connectivity index (χ0) is 18.2. The topological polar surface area (TPSA) is 47.6 Å². The van der Waals surface area contributed by atoms with Crippen molar-refractivity contribution < 1.29 is 14.3 Å². The van der Waals surface area contributed by atoms with Crippen LogP contribution in [-0.2, 0) is 4.74 Å². The second kappa shape index (κ2) is 8.83. The fourth-order valence-electron chi connectivity index (χ4n) is 2.67. The lowest BCUT2D eigenvalue weighted by Crippen LogP contribution is -2.15. The molecule has 0 aromatic heterocycles. The molecule has 0 bridgehead atoms. The lowest BCUT2D eigenvalue weighted by Gasteiger charge is -2.14. The minimum Gasteiger partial charge on any atom is -0.490 e. The van der Waals surface area contributed by atoms with Crippen molar-refractivity contribution in [2.75, 3.05) is 25.6 Å². The van der Waals surface area contributed by atoms with Crippen molar-refractivity contribution in [3.63, 3.8) is 0 Å². The van der Waals surface area contributed by atoms with E-state index in [1.165, 1.54) is 0 Å². The van der Waals surface area contributed by atoms with Gasteiger partial charge in [-0.2, -0.15) is 0 Å². The van der Waals surface area contributed by atoms with Crippen LogP contribution in [0.5, 0.6) is 5.75 Å². The molecule has 3 rings (SSSR count). The van der Waals surface area contributed by atoms with Crippen LogP contribution < -0.4 is 10.1 Å². The molecule has 4 nitrogen and oxygen atoms in total. The van der Waals surface area contributed by atoms with Crippen LogP contribution in [0.1, 0.15) is 10.4 Å². The van der Waals surface area contributed by atoms with Gasteiger partial charge in [-0.1, -0.05) is 60.7 Å². The van der Waals surface area contributed by atoms with Crippen LogP contribution >= 0.6 is 0 Å². The zero-order valence-corrected chi connectivity index (χ0v) is 14.6. The molecule has 4 heteroatoms. The molecule has 1 amide bonds. The van der Waals surface area contributed by atoms with E-state index >= 15 is 0 Å². The first kappa shape index (κ1) is 17.7. The number of carbonyl (C=O) groups excluding carboxylic acids is 1. The third-order valence-electron chi connectivity index (χ3n) is 3.94. The minimum atomic E-state index is -0.207. The maximum atomic E-state index is 12.8. The van der Waals surface area contributed by atoms with Crippen molar-refractivity contribution in [1.29, 1.82) is 0 Å². The molecule has 0 spiro atoms. The third-order valence-corrected chi connectivity index (χ3v) is 3.94. The van der Waals surface area contributed by atoms with E-state index in [1.807, 2.05) is 66.7 Å².